The van der Waals surface area contributed by atoms with Crippen molar-refractivity contribution in [3.05, 3.63) is 58.8 Å². The molecule has 42 heavy (non-hydrogen) atoms. The van der Waals surface area contributed by atoms with Gasteiger partial charge in [0.1, 0.15) is 12.1 Å². The number of hydrogen-bond donors (Lipinski definition) is 1. The zero-order valence-corrected chi connectivity index (χ0v) is 25.7. The monoisotopic (exact) mass is 578 g/mol. The molecule has 1 aliphatic heterocycles. The summed E-state index contributed by atoms with van der Waals surface area (Å²) in [4.78, 5) is 42.8. The van der Waals surface area contributed by atoms with Crippen LogP contribution in [0, 0.1) is 13.8 Å². The quantitative estimate of drug-likeness (QED) is 0.379. The van der Waals surface area contributed by atoms with Crippen molar-refractivity contribution in [2.45, 2.75) is 60.2 Å². The highest BCUT2D eigenvalue weighted by molar-refractivity contribution is 5.88. The third kappa shape index (κ3) is 7.39. The zero-order chi connectivity index (χ0) is 30.6. The van der Waals surface area contributed by atoms with Crippen molar-refractivity contribution in [3.8, 4) is 0 Å². The van der Waals surface area contributed by atoms with E-state index in [-0.39, 0.29) is 38.0 Å². The molecule has 0 saturated heterocycles. The molecule has 2 aromatic carbocycles. The summed E-state index contributed by atoms with van der Waals surface area (Å²) in [5.74, 6) is -0.485. The first-order chi connectivity index (χ1) is 19.9. The van der Waals surface area contributed by atoms with E-state index in [0.29, 0.717) is 25.2 Å². The standard InChI is InChI=1S/C31H42N6O5/c1-8-35(30(40)41-31(4,5)6)13-14-36(20-29(39)34(7)37-18-23-11-9-10-12-24(23)19-37)28(38)17-32-26-16-27-25(15-21(26)2)22(3)33-42-27/h9-12,15-16,32H,8,13-14,17-20H2,1-7H3. The van der Waals surface area contributed by atoms with Gasteiger partial charge in [-0.25, -0.2) is 9.80 Å². The van der Waals surface area contributed by atoms with Crippen molar-refractivity contribution in [1.82, 2.24) is 25.0 Å². The van der Waals surface area contributed by atoms with Crippen LogP contribution in [0.1, 0.15) is 50.1 Å². The highest BCUT2D eigenvalue weighted by Gasteiger charge is 2.28. The van der Waals surface area contributed by atoms with Crippen LogP contribution in [-0.2, 0) is 27.4 Å². The predicted octanol–water partition coefficient (Wildman–Crippen LogP) is 4.33. The van der Waals surface area contributed by atoms with Crippen molar-refractivity contribution >= 4 is 34.6 Å². The summed E-state index contributed by atoms with van der Waals surface area (Å²) in [6, 6.07) is 11.9. The molecule has 2 heterocycles. The second kappa shape index (κ2) is 12.8. The summed E-state index contributed by atoms with van der Waals surface area (Å²) in [5.41, 5.74) is 4.84. The Morgan fingerprint density at radius 1 is 1.02 bits per heavy atom. The number of nitrogens with one attached hydrogen (secondary N) is 1. The van der Waals surface area contributed by atoms with Gasteiger partial charge in [-0.15, -0.1) is 0 Å². The Morgan fingerprint density at radius 3 is 2.29 bits per heavy atom. The molecule has 1 N–H and O–H groups in total. The average Bonchev–Trinajstić information content (AvgIpc) is 3.53. The maximum Gasteiger partial charge on any atom is 0.410 e. The lowest BCUT2D eigenvalue weighted by Gasteiger charge is -2.32. The first kappa shape index (κ1) is 30.8. The fourth-order valence-electron chi connectivity index (χ4n) is 4.88. The van der Waals surface area contributed by atoms with Gasteiger partial charge >= 0.3 is 6.09 Å². The van der Waals surface area contributed by atoms with Crippen LogP contribution in [-0.4, -0.2) is 88.3 Å². The number of fused-ring (bicyclic) bond motifs is 2. The second-order valence-corrected chi connectivity index (χ2v) is 11.7. The van der Waals surface area contributed by atoms with Crippen LogP contribution in [0.2, 0.25) is 0 Å². The maximum atomic E-state index is 13.6. The number of amides is 3. The molecule has 226 valence electrons. The first-order valence-electron chi connectivity index (χ1n) is 14.3. The summed E-state index contributed by atoms with van der Waals surface area (Å²) in [6.45, 7) is 13.0. The van der Waals surface area contributed by atoms with E-state index in [1.54, 1.807) is 12.1 Å². The molecule has 11 heteroatoms. The fourth-order valence-corrected chi connectivity index (χ4v) is 4.88. The molecule has 1 aliphatic rings. The average molecular weight is 579 g/mol. The first-order valence-corrected chi connectivity index (χ1v) is 14.3. The minimum Gasteiger partial charge on any atom is -0.444 e. The van der Waals surface area contributed by atoms with E-state index in [4.69, 9.17) is 9.26 Å². The molecular weight excluding hydrogens is 536 g/mol. The SMILES string of the molecule is CCN(CCN(CC(=O)N(C)N1Cc2ccccc2C1)C(=O)CNc1cc2onc(C)c2cc1C)C(=O)OC(C)(C)C. The van der Waals surface area contributed by atoms with Gasteiger partial charge in [-0.3, -0.25) is 14.6 Å². The largest absolute Gasteiger partial charge is 0.444 e. The summed E-state index contributed by atoms with van der Waals surface area (Å²) < 4.78 is 10.9. The normalized spacial score (nSPS) is 13.1. The van der Waals surface area contributed by atoms with E-state index >= 15 is 0 Å². The number of hydrazine groups is 1. The Labute approximate surface area is 247 Å². The molecule has 0 spiro atoms. The minimum absolute atomic E-state index is 0.0375. The maximum absolute atomic E-state index is 13.6. The predicted molar refractivity (Wildman–Crippen MR) is 160 cm³/mol. The van der Waals surface area contributed by atoms with Gasteiger partial charge in [0, 0.05) is 56.9 Å². The highest BCUT2D eigenvalue weighted by atomic mass is 16.6. The molecule has 0 fully saturated rings. The Balaban J connectivity index is 1.45. The number of ether oxygens (including phenoxy) is 1. The molecule has 0 aliphatic carbocycles. The summed E-state index contributed by atoms with van der Waals surface area (Å²) >= 11 is 0. The van der Waals surface area contributed by atoms with Gasteiger partial charge in [0.25, 0.3) is 5.91 Å². The fraction of sp³-hybridized carbons (Fsp3) is 0.484. The molecule has 0 atom stereocenters. The Bertz CT molecular complexity index is 1420. The summed E-state index contributed by atoms with van der Waals surface area (Å²) in [6.07, 6.45) is -0.458. The van der Waals surface area contributed by atoms with E-state index < -0.39 is 11.7 Å². The molecule has 0 bridgehead atoms. The van der Waals surface area contributed by atoms with Crippen LogP contribution in [0.4, 0.5) is 10.5 Å². The van der Waals surface area contributed by atoms with Gasteiger partial charge in [-0.05, 0) is 64.3 Å². The number of benzene rings is 2. The number of rotatable bonds is 10. The van der Waals surface area contributed by atoms with Gasteiger partial charge in [0.05, 0.1) is 12.2 Å². The van der Waals surface area contributed by atoms with Crippen molar-refractivity contribution in [2.24, 2.45) is 0 Å². The van der Waals surface area contributed by atoms with E-state index in [0.717, 1.165) is 22.3 Å². The van der Waals surface area contributed by atoms with E-state index in [1.807, 2.05) is 70.8 Å². The van der Waals surface area contributed by atoms with E-state index in [2.05, 4.69) is 22.6 Å². The van der Waals surface area contributed by atoms with Crippen LogP contribution < -0.4 is 5.32 Å². The van der Waals surface area contributed by atoms with Gasteiger partial charge in [-0.2, -0.15) is 0 Å². The number of anilines is 1. The number of aromatic nitrogens is 1. The van der Waals surface area contributed by atoms with Crippen molar-refractivity contribution in [3.63, 3.8) is 0 Å². The Kier molecular flexibility index (Phi) is 9.40. The number of carbonyl (C=O) groups is 3. The Hall–Kier alpha value is -4.12. The summed E-state index contributed by atoms with van der Waals surface area (Å²) in [5, 5.41) is 11.7. The number of hydrogen-bond acceptors (Lipinski definition) is 8. The lowest BCUT2D eigenvalue weighted by atomic mass is 10.1. The van der Waals surface area contributed by atoms with Crippen LogP contribution in [0.3, 0.4) is 0 Å². The Morgan fingerprint density at radius 2 is 1.67 bits per heavy atom. The molecule has 0 unspecified atom stereocenters. The van der Waals surface area contributed by atoms with Crippen LogP contribution in [0.5, 0.6) is 0 Å². The smallest absolute Gasteiger partial charge is 0.410 e. The number of nitrogens with zero attached hydrogens (tertiary/aromatic N) is 5. The minimum atomic E-state index is -0.642. The van der Waals surface area contributed by atoms with Gasteiger partial charge in [0.2, 0.25) is 5.91 Å². The number of aryl methyl sites for hydroxylation is 2. The molecule has 3 amide bonds. The van der Waals surface area contributed by atoms with Crippen molar-refractivity contribution in [2.75, 3.05) is 45.1 Å². The summed E-state index contributed by atoms with van der Waals surface area (Å²) in [7, 11) is 1.73. The molecule has 3 aromatic rings. The van der Waals surface area contributed by atoms with Crippen molar-refractivity contribution in [1.29, 1.82) is 0 Å². The van der Waals surface area contributed by atoms with E-state index in [1.165, 1.54) is 20.9 Å². The van der Waals surface area contributed by atoms with Gasteiger partial charge in [0.15, 0.2) is 5.58 Å². The van der Waals surface area contributed by atoms with Crippen LogP contribution >= 0.6 is 0 Å². The number of likely N-dealkylation sites (N-methyl/N-ethyl adjacent to an activating group) is 2. The van der Waals surface area contributed by atoms with Gasteiger partial charge in [-0.1, -0.05) is 29.4 Å². The second-order valence-electron chi connectivity index (χ2n) is 11.7. The van der Waals surface area contributed by atoms with Crippen LogP contribution in [0.25, 0.3) is 11.0 Å². The lowest BCUT2D eigenvalue weighted by Crippen LogP contribution is -2.50. The van der Waals surface area contributed by atoms with Gasteiger partial charge < -0.3 is 24.4 Å². The number of carbonyl (C=O) groups excluding carboxylic acids is 3. The molecule has 1 aromatic heterocycles. The highest BCUT2D eigenvalue weighted by Crippen LogP contribution is 2.26. The third-order valence-electron chi connectivity index (χ3n) is 7.39. The molecule has 4 rings (SSSR count). The third-order valence-corrected chi connectivity index (χ3v) is 7.39. The van der Waals surface area contributed by atoms with Crippen LogP contribution in [0.15, 0.2) is 40.9 Å². The van der Waals surface area contributed by atoms with Crippen molar-refractivity contribution < 1.29 is 23.6 Å². The molecular formula is C31H42N6O5. The van der Waals surface area contributed by atoms with E-state index in [9.17, 15) is 14.4 Å². The lowest BCUT2D eigenvalue weighted by molar-refractivity contribution is -0.151. The molecule has 0 radical (unpaired) electrons. The molecule has 0 saturated carbocycles. The zero-order valence-electron chi connectivity index (χ0n) is 25.7. The topological polar surface area (TPSA) is 111 Å². The molecule has 11 nitrogen and oxygen atoms in total.